The van der Waals surface area contributed by atoms with Crippen LogP contribution in [0.15, 0.2) is 74.0 Å². The summed E-state index contributed by atoms with van der Waals surface area (Å²) in [6, 6.07) is 12.5. The number of furan rings is 1. The average molecular weight is 574 g/mol. The molecule has 0 amide bonds. The predicted molar refractivity (Wildman–Crippen MR) is 148 cm³/mol. The number of non-ortho nitro benzene ring substituents is 1. The first-order valence-electron chi connectivity index (χ1n) is 12.7. The van der Waals surface area contributed by atoms with Gasteiger partial charge >= 0.3 is 5.97 Å². The van der Waals surface area contributed by atoms with Crippen molar-refractivity contribution in [2.45, 2.75) is 26.8 Å². The maximum Gasteiger partial charge on any atom is 0.338 e. The molecule has 0 saturated heterocycles. The summed E-state index contributed by atoms with van der Waals surface area (Å²) >= 11 is 1.18. The number of hydrogen-bond donors (Lipinski definition) is 0. The molecule has 0 spiro atoms. The summed E-state index contributed by atoms with van der Waals surface area (Å²) in [5, 5.41) is 11.1. The van der Waals surface area contributed by atoms with E-state index in [1.165, 1.54) is 28.0 Å². The minimum atomic E-state index is -0.795. The Labute approximate surface area is 236 Å². The SMILES string of the molecule is CCOC(=O)C1=C(C)N=c2s/c(=C/c3ccc(-c4ccc([N+](=O)[O-])cc4C)o3)c(=O)n2[C@H]1c1ccc2c(c1)OCO2. The van der Waals surface area contributed by atoms with Crippen LogP contribution in [0, 0.1) is 17.0 Å². The van der Waals surface area contributed by atoms with E-state index < -0.39 is 16.9 Å². The topological polar surface area (TPSA) is 135 Å². The number of esters is 1. The summed E-state index contributed by atoms with van der Waals surface area (Å²) in [4.78, 5) is 42.6. The second-order valence-electron chi connectivity index (χ2n) is 9.37. The van der Waals surface area contributed by atoms with Gasteiger partial charge in [-0.15, -0.1) is 0 Å². The number of carbonyl (C=O) groups excluding carboxylic acids is 1. The summed E-state index contributed by atoms with van der Waals surface area (Å²) < 4.78 is 24.2. The van der Waals surface area contributed by atoms with Gasteiger partial charge < -0.3 is 18.6 Å². The molecule has 2 aliphatic rings. The number of aryl methyl sites for hydroxylation is 1. The highest BCUT2D eigenvalue weighted by Gasteiger charge is 2.34. The van der Waals surface area contributed by atoms with E-state index in [1.54, 1.807) is 63.2 Å². The van der Waals surface area contributed by atoms with Crippen LogP contribution in [0.3, 0.4) is 0 Å². The van der Waals surface area contributed by atoms with Crippen molar-refractivity contribution in [3.8, 4) is 22.8 Å². The van der Waals surface area contributed by atoms with Crippen molar-refractivity contribution >= 4 is 29.1 Å². The van der Waals surface area contributed by atoms with Crippen LogP contribution in [0.2, 0.25) is 0 Å². The summed E-state index contributed by atoms with van der Waals surface area (Å²) in [5.74, 6) is 1.47. The summed E-state index contributed by atoms with van der Waals surface area (Å²) in [6.07, 6.45) is 1.62. The van der Waals surface area contributed by atoms with Gasteiger partial charge in [0, 0.05) is 23.8 Å². The van der Waals surface area contributed by atoms with Gasteiger partial charge in [-0.05, 0) is 62.2 Å². The van der Waals surface area contributed by atoms with Gasteiger partial charge in [-0.25, -0.2) is 9.79 Å². The predicted octanol–water partition coefficient (Wildman–Crippen LogP) is 4.00. The van der Waals surface area contributed by atoms with Gasteiger partial charge in [0.15, 0.2) is 16.3 Å². The Kier molecular flexibility index (Phi) is 6.54. The van der Waals surface area contributed by atoms with Crippen molar-refractivity contribution in [1.29, 1.82) is 0 Å². The Morgan fingerprint density at radius 3 is 2.73 bits per heavy atom. The first-order valence-corrected chi connectivity index (χ1v) is 13.5. The largest absolute Gasteiger partial charge is 0.463 e. The van der Waals surface area contributed by atoms with Crippen molar-refractivity contribution in [2.24, 2.45) is 4.99 Å². The van der Waals surface area contributed by atoms with Crippen molar-refractivity contribution in [2.75, 3.05) is 13.4 Å². The Hall–Kier alpha value is -4.97. The second kappa shape index (κ2) is 10.2. The number of fused-ring (bicyclic) bond motifs is 2. The molecule has 4 aromatic rings. The highest BCUT2D eigenvalue weighted by molar-refractivity contribution is 7.07. The maximum atomic E-state index is 13.8. The molecule has 12 heteroatoms. The first-order chi connectivity index (χ1) is 19.7. The molecular formula is C29H23N3O8S. The smallest absolute Gasteiger partial charge is 0.338 e. The Bertz CT molecular complexity index is 1950. The number of nitro groups is 1. The van der Waals surface area contributed by atoms with Gasteiger partial charge in [0.1, 0.15) is 11.5 Å². The number of hydrogen-bond acceptors (Lipinski definition) is 10. The average Bonchev–Trinajstić information content (AvgIpc) is 3.67. The van der Waals surface area contributed by atoms with Crippen LogP contribution in [0.5, 0.6) is 11.5 Å². The maximum absolute atomic E-state index is 13.8. The second-order valence-corrected chi connectivity index (χ2v) is 10.4. The van der Waals surface area contributed by atoms with E-state index in [4.69, 9.17) is 18.6 Å². The molecule has 2 aromatic heterocycles. The van der Waals surface area contributed by atoms with E-state index in [9.17, 15) is 19.7 Å². The van der Waals surface area contributed by atoms with Gasteiger partial charge in [-0.2, -0.15) is 0 Å². The Morgan fingerprint density at radius 1 is 1.17 bits per heavy atom. The number of nitro benzene ring substituents is 1. The molecule has 4 heterocycles. The third-order valence-corrected chi connectivity index (χ3v) is 7.80. The standard InChI is InChI=1S/C29H23N3O8S/c1-4-37-28(34)25-16(3)30-29-31(26(25)17-5-9-22-23(12-17)39-14-38-22)27(33)24(41-29)13-19-7-10-21(40-19)20-8-6-18(32(35)36)11-15(20)2/h5-13,26H,4,14H2,1-3H3/b24-13+/t26-/m0/s1. The van der Waals surface area contributed by atoms with E-state index >= 15 is 0 Å². The molecule has 41 heavy (non-hydrogen) atoms. The third kappa shape index (κ3) is 4.61. The zero-order valence-corrected chi connectivity index (χ0v) is 23.0. The van der Waals surface area contributed by atoms with Crippen LogP contribution in [0.25, 0.3) is 17.4 Å². The van der Waals surface area contributed by atoms with Gasteiger partial charge in [0.05, 0.1) is 33.4 Å². The molecule has 2 aliphatic heterocycles. The fourth-order valence-corrected chi connectivity index (χ4v) is 5.96. The first kappa shape index (κ1) is 26.3. The lowest BCUT2D eigenvalue weighted by Gasteiger charge is -2.24. The number of aromatic nitrogens is 1. The van der Waals surface area contributed by atoms with Crippen molar-refractivity contribution in [1.82, 2.24) is 4.57 Å². The molecule has 0 bridgehead atoms. The highest BCUT2D eigenvalue weighted by Crippen LogP contribution is 2.38. The molecule has 11 nitrogen and oxygen atoms in total. The van der Waals surface area contributed by atoms with E-state index in [1.807, 2.05) is 0 Å². The number of thiazole rings is 1. The van der Waals surface area contributed by atoms with E-state index in [0.717, 1.165) is 0 Å². The highest BCUT2D eigenvalue weighted by atomic mass is 32.1. The Balaban J connectivity index is 1.45. The van der Waals surface area contributed by atoms with Crippen LogP contribution in [0.4, 0.5) is 5.69 Å². The normalized spacial score (nSPS) is 16.0. The van der Waals surface area contributed by atoms with Gasteiger partial charge in [0.2, 0.25) is 6.79 Å². The fourth-order valence-electron chi connectivity index (χ4n) is 4.93. The molecule has 0 N–H and O–H groups in total. The molecular weight excluding hydrogens is 550 g/mol. The molecule has 208 valence electrons. The van der Waals surface area contributed by atoms with Gasteiger partial charge in [0.25, 0.3) is 11.2 Å². The zero-order chi connectivity index (χ0) is 28.8. The number of ether oxygens (including phenoxy) is 3. The summed E-state index contributed by atoms with van der Waals surface area (Å²) in [6.45, 7) is 5.46. The van der Waals surface area contributed by atoms with E-state index in [2.05, 4.69) is 4.99 Å². The van der Waals surface area contributed by atoms with Crippen LogP contribution < -0.4 is 24.4 Å². The minimum absolute atomic E-state index is 0.00589. The summed E-state index contributed by atoms with van der Waals surface area (Å²) in [5.41, 5.74) is 2.39. The molecule has 0 saturated carbocycles. The van der Waals surface area contributed by atoms with Crippen LogP contribution in [-0.4, -0.2) is 28.9 Å². The van der Waals surface area contributed by atoms with E-state index in [0.29, 0.717) is 54.7 Å². The minimum Gasteiger partial charge on any atom is -0.463 e. The van der Waals surface area contributed by atoms with Crippen LogP contribution in [-0.2, 0) is 9.53 Å². The van der Waals surface area contributed by atoms with Crippen LogP contribution in [0.1, 0.15) is 36.8 Å². The molecule has 2 aromatic carbocycles. The quantitative estimate of drug-likeness (QED) is 0.192. The Morgan fingerprint density at radius 2 is 1.98 bits per heavy atom. The van der Waals surface area contributed by atoms with Crippen molar-refractivity contribution in [3.63, 3.8) is 0 Å². The lowest BCUT2D eigenvalue weighted by atomic mass is 9.95. The van der Waals surface area contributed by atoms with Gasteiger partial charge in [-0.1, -0.05) is 17.4 Å². The van der Waals surface area contributed by atoms with Gasteiger partial charge in [-0.3, -0.25) is 19.5 Å². The fraction of sp³-hybridized carbons (Fsp3) is 0.207. The zero-order valence-electron chi connectivity index (χ0n) is 22.2. The third-order valence-electron chi connectivity index (χ3n) is 6.82. The number of benzene rings is 2. The lowest BCUT2D eigenvalue weighted by molar-refractivity contribution is -0.384. The number of carbonyl (C=O) groups is 1. The molecule has 0 aliphatic carbocycles. The summed E-state index contributed by atoms with van der Waals surface area (Å²) in [7, 11) is 0. The molecule has 0 radical (unpaired) electrons. The number of rotatable bonds is 6. The molecule has 1 atom stereocenters. The van der Waals surface area contributed by atoms with E-state index in [-0.39, 0.29) is 30.2 Å². The molecule has 0 fully saturated rings. The number of allylic oxidation sites excluding steroid dienone is 1. The molecule has 6 rings (SSSR count). The molecule has 0 unspecified atom stereocenters. The monoisotopic (exact) mass is 573 g/mol. The van der Waals surface area contributed by atoms with Crippen molar-refractivity contribution in [3.05, 3.63) is 106 Å². The number of nitrogens with zero attached hydrogens (tertiary/aromatic N) is 3. The van der Waals surface area contributed by atoms with Crippen LogP contribution >= 0.6 is 11.3 Å². The van der Waals surface area contributed by atoms with Crippen molar-refractivity contribution < 1.29 is 28.3 Å². The lowest BCUT2D eigenvalue weighted by Crippen LogP contribution is -2.39.